The number of nitrogens with one attached hydrogen (secondary N) is 2. The highest BCUT2D eigenvalue weighted by Gasteiger charge is 2.09. The number of ether oxygens (including phenoxy) is 1. The summed E-state index contributed by atoms with van der Waals surface area (Å²) in [6, 6.07) is 11.1. The Bertz CT molecular complexity index is 666. The van der Waals surface area contributed by atoms with Crippen molar-refractivity contribution in [2.45, 2.75) is 13.8 Å². The summed E-state index contributed by atoms with van der Waals surface area (Å²) in [4.78, 5) is 12.1. The number of aryl methyl sites for hydroxylation is 2. The molecule has 4 nitrogen and oxygen atoms in total. The third-order valence-corrected chi connectivity index (χ3v) is 3.58. The first-order valence-corrected chi connectivity index (χ1v) is 7.32. The Balaban J connectivity index is 2.03. The Morgan fingerprint density at radius 2 is 1.86 bits per heavy atom. The SMILES string of the molecule is COc1ccc(Cl)cc1NCC(=O)Nc1c(C)cccc1C. The van der Waals surface area contributed by atoms with Crippen molar-refractivity contribution in [3.8, 4) is 5.75 Å². The van der Waals surface area contributed by atoms with Crippen LogP contribution in [0.2, 0.25) is 5.02 Å². The summed E-state index contributed by atoms with van der Waals surface area (Å²) in [6.07, 6.45) is 0. The number of para-hydroxylation sites is 1. The zero-order chi connectivity index (χ0) is 16.1. The number of benzene rings is 2. The molecule has 0 atom stereocenters. The fraction of sp³-hybridized carbons (Fsp3) is 0.235. The molecule has 0 bridgehead atoms. The fourth-order valence-corrected chi connectivity index (χ4v) is 2.36. The lowest BCUT2D eigenvalue weighted by Gasteiger charge is -2.14. The highest BCUT2D eigenvalue weighted by Crippen LogP contribution is 2.27. The average Bonchev–Trinajstić information content (AvgIpc) is 2.49. The van der Waals surface area contributed by atoms with E-state index in [4.69, 9.17) is 16.3 Å². The zero-order valence-electron chi connectivity index (χ0n) is 12.9. The van der Waals surface area contributed by atoms with Crippen LogP contribution >= 0.6 is 11.6 Å². The van der Waals surface area contributed by atoms with E-state index in [0.717, 1.165) is 16.8 Å². The van der Waals surface area contributed by atoms with Gasteiger partial charge in [0.1, 0.15) is 5.75 Å². The van der Waals surface area contributed by atoms with E-state index in [0.29, 0.717) is 16.5 Å². The van der Waals surface area contributed by atoms with Crippen molar-refractivity contribution in [2.24, 2.45) is 0 Å². The summed E-state index contributed by atoms with van der Waals surface area (Å²) < 4.78 is 5.24. The first-order valence-electron chi connectivity index (χ1n) is 6.94. The maximum absolute atomic E-state index is 12.1. The molecule has 22 heavy (non-hydrogen) atoms. The number of halogens is 1. The second-order valence-electron chi connectivity index (χ2n) is 5.01. The lowest BCUT2D eigenvalue weighted by atomic mass is 10.1. The molecule has 0 aliphatic rings. The van der Waals surface area contributed by atoms with E-state index in [1.807, 2.05) is 32.0 Å². The van der Waals surface area contributed by atoms with Gasteiger partial charge in [0, 0.05) is 10.7 Å². The van der Waals surface area contributed by atoms with Gasteiger partial charge >= 0.3 is 0 Å². The second kappa shape index (κ2) is 7.18. The van der Waals surface area contributed by atoms with Crippen molar-refractivity contribution in [3.63, 3.8) is 0 Å². The van der Waals surface area contributed by atoms with Gasteiger partial charge in [0.15, 0.2) is 0 Å². The number of hydrogen-bond donors (Lipinski definition) is 2. The van der Waals surface area contributed by atoms with Crippen LogP contribution in [0, 0.1) is 13.8 Å². The van der Waals surface area contributed by atoms with E-state index < -0.39 is 0 Å². The predicted molar refractivity (Wildman–Crippen MR) is 91.0 cm³/mol. The molecule has 0 saturated heterocycles. The van der Waals surface area contributed by atoms with Crippen LogP contribution in [-0.2, 0) is 4.79 Å². The second-order valence-corrected chi connectivity index (χ2v) is 5.45. The number of carbonyl (C=O) groups is 1. The Morgan fingerprint density at radius 3 is 2.50 bits per heavy atom. The van der Waals surface area contributed by atoms with Gasteiger partial charge in [0.05, 0.1) is 19.3 Å². The molecule has 0 unspecified atom stereocenters. The summed E-state index contributed by atoms with van der Waals surface area (Å²) in [5, 5.41) is 6.55. The molecule has 0 aromatic heterocycles. The monoisotopic (exact) mass is 318 g/mol. The van der Waals surface area contributed by atoms with Crippen LogP contribution < -0.4 is 15.4 Å². The summed E-state index contributed by atoms with van der Waals surface area (Å²) in [5.74, 6) is 0.517. The fourth-order valence-electron chi connectivity index (χ4n) is 2.19. The number of amides is 1. The van der Waals surface area contributed by atoms with Crippen LogP contribution in [0.15, 0.2) is 36.4 Å². The molecule has 0 aliphatic carbocycles. The number of anilines is 2. The molecule has 0 aliphatic heterocycles. The van der Waals surface area contributed by atoms with Gasteiger partial charge in [-0.05, 0) is 43.2 Å². The topological polar surface area (TPSA) is 50.4 Å². The third-order valence-electron chi connectivity index (χ3n) is 3.35. The van der Waals surface area contributed by atoms with Crippen LogP contribution in [0.5, 0.6) is 5.75 Å². The lowest BCUT2D eigenvalue weighted by Crippen LogP contribution is -2.22. The quantitative estimate of drug-likeness (QED) is 0.875. The minimum Gasteiger partial charge on any atom is -0.495 e. The molecular formula is C17H19ClN2O2. The Kier molecular flexibility index (Phi) is 5.28. The van der Waals surface area contributed by atoms with Gasteiger partial charge in [0.2, 0.25) is 5.91 Å². The number of carbonyl (C=O) groups excluding carboxylic acids is 1. The van der Waals surface area contributed by atoms with Gasteiger partial charge in [-0.2, -0.15) is 0 Å². The van der Waals surface area contributed by atoms with Crippen LogP contribution in [0.3, 0.4) is 0 Å². The van der Waals surface area contributed by atoms with Crippen molar-refractivity contribution < 1.29 is 9.53 Å². The number of hydrogen-bond acceptors (Lipinski definition) is 3. The van der Waals surface area contributed by atoms with Gasteiger partial charge in [-0.1, -0.05) is 29.8 Å². The molecule has 5 heteroatoms. The van der Waals surface area contributed by atoms with E-state index in [-0.39, 0.29) is 12.5 Å². The van der Waals surface area contributed by atoms with Crippen molar-refractivity contribution in [1.29, 1.82) is 0 Å². The molecule has 2 rings (SSSR count). The molecule has 0 spiro atoms. The van der Waals surface area contributed by atoms with Gasteiger partial charge in [-0.3, -0.25) is 4.79 Å². The zero-order valence-corrected chi connectivity index (χ0v) is 13.6. The number of rotatable bonds is 5. The van der Waals surface area contributed by atoms with E-state index in [2.05, 4.69) is 10.6 Å². The molecule has 2 N–H and O–H groups in total. The van der Waals surface area contributed by atoms with Gasteiger partial charge in [-0.25, -0.2) is 0 Å². The molecule has 116 valence electrons. The summed E-state index contributed by atoms with van der Waals surface area (Å²) in [5.41, 5.74) is 3.61. The predicted octanol–water partition coefficient (Wildman–Crippen LogP) is 4.02. The molecule has 0 heterocycles. The molecule has 0 fully saturated rings. The van der Waals surface area contributed by atoms with Crippen molar-refractivity contribution >= 4 is 28.9 Å². The maximum atomic E-state index is 12.1. The first-order chi connectivity index (χ1) is 10.5. The Labute approximate surface area is 135 Å². The minimum atomic E-state index is -0.126. The van der Waals surface area contributed by atoms with E-state index in [1.54, 1.807) is 25.3 Å². The third kappa shape index (κ3) is 3.92. The molecule has 2 aromatic rings. The molecule has 0 radical (unpaired) electrons. The van der Waals surface area contributed by atoms with Crippen molar-refractivity contribution in [1.82, 2.24) is 0 Å². The van der Waals surface area contributed by atoms with Crippen LogP contribution in [0.1, 0.15) is 11.1 Å². The highest BCUT2D eigenvalue weighted by atomic mass is 35.5. The van der Waals surface area contributed by atoms with E-state index in [1.165, 1.54) is 0 Å². The Hall–Kier alpha value is -2.20. The molecule has 2 aromatic carbocycles. The standard InChI is InChI=1S/C17H19ClN2O2/c1-11-5-4-6-12(2)17(11)20-16(21)10-19-14-9-13(18)7-8-15(14)22-3/h4-9,19H,10H2,1-3H3,(H,20,21). The maximum Gasteiger partial charge on any atom is 0.243 e. The van der Waals surface area contributed by atoms with Gasteiger partial charge in [0.25, 0.3) is 0 Å². The average molecular weight is 319 g/mol. The normalized spacial score (nSPS) is 10.2. The van der Waals surface area contributed by atoms with Crippen LogP contribution in [0.4, 0.5) is 11.4 Å². The van der Waals surface area contributed by atoms with Crippen molar-refractivity contribution in [2.75, 3.05) is 24.3 Å². The minimum absolute atomic E-state index is 0.126. The molecule has 1 amide bonds. The van der Waals surface area contributed by atoms with Crippen LogP contribution in [-0.4, -0.2) is 19.6 Å². The molecular weight excluding hydrogens is 300 g/mol. The lowest BCUT2D eigenvalue weighted by molar-refractivity contribution is -0.114. The number of methoxy groups -OCH3 is 1. The summed E-state index contributed by atoms with van der Waals surface area (Å²) >= 11 is 5.96. The first kappa shape index (κ1) is 16.2. The molecule has 0 saturated carbocycles. The smallest absolute Gasteiger partial charge is 0.243 e. The van der Waals surface area contributed by atoms with Crippen LogP contribution in [0.25, 0.3) is 0 Å². The van der Waals surface area contributed by atoms with E-state index >= 15 is 0 Å². The highest BCUT2D eigenvalue weighted by molar-refractivity contribution is 6.30. The summed E-state index contributed by atoms with van der Waals surface area (Å²) in [6.45, 7) is 4.07. The van der Waals surface area contributed by atoms with E-state index in [9.17, 15) is 4.79 Å². The van der Waals surface area contributed by atoms with Crippen molar-refractivity contribution in [3.05, 3.63) is 52.5 Å². The van der Waals surface area contributed by atoms with Gasteiger partial charge in [-0.15, -0.1) is 0 Å². The largest absolute Gasteiger partial charge is 0.495 e. The van der Waals surface area contributed by atoms with Gasteiger partial charge < -0.3 is 15.4 Å². The summed E-state index contributed by atoms with van der Waals surface area (Å²) in [7, 11) is 1.57. The Morgan fingerprint density at radius 1 is 1.18 bits per heavy atom.